The minimum atomic E-state index is 0.517. The molecule has 1 fully saturated rings. The second-order valence-electron chi connectivity index (χ2n) is 4.13. The topological polar surface area (TPSA) is 0 Å². The first kappa shape index (κ1) is 10.7. The van der Waals surface area contributed by atoms with Gasteiger partial charge >= 0.3 is 0 Å². The van der Waals surface area contributed by atoms with Crippen LogP contribution in [0.2, 0.25) is 0 Å². The van der Waals surface area contributed by atoms with Crippen LogP contribution in [0, 0.1) is 24.2 Å². The fraction of sp³-hybridized carbons (Fsp3) is 0.667. The van der Waals surface area contributed by atoms with E-state index in [9.17, 15) is 0 Å². The lowest BCUT2D eigenvalue weighted by Crippen LogP contribution is -2.03. The van der Waals surface area contributed by atoms with Crippen LogP contribution >= 0.6 is 12.6 Å². The Bertz CT molecular complexity index is 222. The van der Waals surface area contributed by atoms with E-state index in [0.717, 1.165) is 11.5 Å². The van der Waals surface area contributed by atoms with Crippen molar-refractivity contribution in [3.8, 4) is 12.3 Å². The van der Waals surface area contributed by atoms with Crippen LogP contribution in [-0.2, 0) is 0 Å². The van der Waals surface area contributed by atoms with Gasteiger partial charge in [-0.15, -0.1) is 6.42 Å². The highest BCUT2D eigenvalue weighted by atomic mass is 32.1. The molecule has 0 heterocycles. The Labute approximate surface area is 87.2 Å². The predicted octanol–water partition coefficient (Wildman–Crippen LogP) is 3.30. The minimum Gasteiger partial charge on any atom is -0.176 e. The van der Waals surface area contributed by atoms with Gasteiger partial charge in [0.25, 0.3) is 0 Å². The average Bonchev–Trinajstić information content (AvgIpc) is 2.50. The molecule has 0 nitrogen and oxygen atoms in total. The third kappa shape index (κ3) is 3.12. The van der Waals surface area contributed by atoms with Gasteiger partial charge in [0.05, 0.1) is 0 Å². The Morgan fingerprint density at radius 2 is 2.38 bits per heavy atom. The summed E-state index contributed by atoms with van der Waals surface area (Å²) in [6, 6.07) is 0. The zero-order chi connectivity index (χ0) is 9.84. The van der Waals surface area contributed by atoms with Crippen molar-refractivity contribution in [1.82, 2.24) is 0 Å². The molecule has 0 N–H and O–H groups in total. The standard InChI is InChI=1S/C12H18S/c1-4-9(2)12-6-5-11(8-12)7-10(3)13/h1,10-13H,2,5-8H2,3H3. The van der Waals surface area contributed by atoms with Crippen LogP contribution < -0.4 is 0 Å². The van der Waals surface area contributed by atoms with Crippen molar-refractivity contribution < 1.29 is 0 Å². The highest BCUT2D eigenvalue weighted by Crippen LogP contribution is 2.37. The van der Waals surface area contributed by atoms with Gasteiger partial charge in [-0.25, -0.2) is 0 Å². The average molecular weight is 194 g/mol. The molecule has 0 bridgehead atoms. The normalized spacial score (nSPS) is 29.6. The van der Waals surface area contributed by atoms with Crippen LogP contribution in [0.3, 0.4) is 0 Å². The van der Waals surface area contributed by atoms with Crippen LogP contribution in [0.4, 0.5) is 0 Å². The minimum absolute atomic E-state index is 0.517. The highest BCUT2D eigenvalue weighted by molar-refractivity contribution is 7.80. The van der Waals surface area contributed by atoms with E-state index in [-0.39, 0.29) is 0 Å². The molecule has 3 atom stereocenters. The number of hydrogen-bond acceptors (Lipinski definition) is 1. The molecule has 0 aliphatic heterocycles. The fourth-order valence-electron chi connectivity index (χ4n) is 2.21. The van der Waals surface area contributed by atoms with Gasteiger partial charge in [0.2, 0.25) is 0 Å². The molecule has 1 aliphatic carbocycles. The first-order valence-corrected chi connectivity index (χ1v) is 5.48. The fourth-order valence-corrected chi connectivity index (χ4v) is 2.50. The second-order valence-corrected chi connectivity index (χ2v) is 5.01. The summed E-state index contributed by atoms with van der Waals surface area (Å²) in [5.41, 5.74) is 0.995. The molecular formula is C12H18S. The smallest absolute Gasteiger partial charge is 0.000895 e. The SMILES string of the molecule is C#CC(=C)C1CCC(CC(C)S)C1. The van der Waals surface area contributed by atoms with Crippen molar-refractivity contribution in [3.63, 3.8) is 0 Å². The molecule has 1 saturated carbocycles. The van der Waals surface area contributed by atoms with E-state index in [4.69, 9.17) is 6.42 Å². The monoisotopic (exact) mass is 194 g/mol. The van der Waals surface area contributed by atoms with E-state index in [1.165, 1.54) is 25.7 Å². The quantitative estimate of drug-likeness (QED) is 0.517. The molecule has 1 heteroatoms. The number of rotatable bonds is 3. The molecule has 1 rings (SSSR count). The Morgan fingerprint density at radius 1 is 1.69 bits per heavy atom. The lowest BCUT2D eigenvalue weighted by molar-refractivity contribution is 0.489. The number of terminal acetylenes is 1. The summed E-state index contributed by atoms with van der Waals surface area (Å²) < 4.78 is 0. The molecule has 0 aromatic rings. The van der Waals surface area contributed by atoms with Crippen LogP contribution in [-0.4, -0.2) is 5.25 Å². The van der Waals surface area contributed by atoms with E-state index in [1.807, 2.05) is 0 Å². The van der Waals surface area contributed by atoms with Gasteiger partial charge in [-0.3, -0.25) is 0 Å². The lowest BCUT2D eigenvalue weighted by Gasteiger charge is -2.12. The molecule has 0 amide bonds. The summed E-state index contributed by atoms with van der Waals surface area (Å²) in [4.78, 5) is 0. The molecule has 0 spiro atoms. The third-order valence-corrected chi connectivity index (χ3v) is 3.10. The van der Waals surface area contributed by atoms with Gasteiger partial charge in [0.15, 0.2) is 0 Å². The van der Waals surface area contributed by atoms with Crippen LogP contribution in [0.1, 0.15) is 32.6 Å². The first-order chi connectivity index (χ1) is 6.13. The van der Waals surface area contributed by atoms with Gasteiger partial charge in [-0.2, -0.15) is 12.6 Å². The number of hydrogen-bond donors (Lipinski definition) is 1. The van der Waals surface area contributed by atoms with Gasteiger partial charge in [0.1, 0.15) is 0 Å². The zero-order valence-corrected chi connectivity index (χ0v) is 9.19. The molecule has 0 saturated heterocycles. The first-order valence-electron chi connectivity index (χ1n) is 4.97. The Kier molecular flexibility index (Phi) is 3.93. The van der Waals surface area contributed by atoms with Crippen LogP contribution in [0.25, 0.3) is 0 Å². The van der Waals surface area contributed by atoms with Gasteiger partial charge in [-0.05, 0) is 48.3 Å². The summed E-state index contributed by atoms with van der Waals surface area (Å²) in [5.74, 6) is 4.07. The van der Waals surface area contributed by atoms with Gasteiger partial charge in [0, 0.05) is 0 Å². The lowest BCUT2D eigenvalue weighted by atomic mass is 9.96. The van der Waals surface area contributed by atoms with Crippen LogP contribution in [0.15, 0.2) is 12.2 Å². The van der Waals surface area contributed by atoms with Crippen molar-refractivity contribution >= 4 is 12.6 Å². The Balaban J connectivity index is 2.37. The van der Waals surface area contributed by atoms with Crippen molar-refractivity contribution in [1.29, 1.82) is 0 Å². The van der Waals surface area contributed by atoms with Gasteiger partial charge < -0.3 is 0 Å². The van der Waals surface area contributed by atoms with E-state index in [1.54, 1.807) is 0 Å². The van der Waals surface area contributed by atoms with Crippen LogP contribution in [0.5, 0.6) is 0 Å². The van der Waals surface area contributed by atoms with E-state index in [2.05, 4.69) is 32.1 Å². The third-order valence-electron chi connectivity index (χ3n) is 2.89. The second kappa shape index (κ2) is 4.77. The molecular weight excluding hydrogens is 176 g/mol. The molecule has 3 unspecified atom stereocenters. The number of allylic oxidation sites excluding steroid dienone is 1. The summed E-state index contributed by atoms with van der Waals surface area (Å²) in [5, 5.41) is 0.517. The summed E-state index contributed by atoms with van der Waals surface area (Å²) in [6.45, 7) is 6.07. The van der Waals surface area contributed by atoms with Crippen molar-refractivity contribution in [2.24, 2.45) is 11.8 Å². The predicted molar refractivity (Wildman–Crippen MR) is 61.9 cm³/mol. The Hall–Kier alpha value is -0.350. The van der Waals surface area contributed by atoms with E-state index >= 15 is 0 Å². The molecule has 72 valence electrons. The summed E-state index contributed by atoms with van der Waals surface area (Å²) in [7, 11) is 0. The maximum absolute atomic E-state index is 5.33. The maximum Gasteiger partial charge on any atom is -0.000895 e. The largest absolute Gasteiger partial charge is 0.176 e. The molecule has 1 aliphatic rings. The zero-order valence-electron chi connectivity index (χ0n) is 8.29. The van der Waals surface area contributed by atoms with E-state index in [0.29, 0.717) is 11.2 Å². The maximum atomic E-state index is 5.33. The summed E-state index contributed by atoms with van der Waals surface area (Å²) >= 11 is 4.41. The molecule has 0 aromatic heterocycles. The van der Waals surface area contributed by atoms with Crippen molar-refractivity contribution in [3.05, 3.63) is 12.2 Å². The van der Waals surface area contributed by atoms with Gasteiger partial charge in [-0.1, -0.05) is 19.4 Å². The molecule has 0 radical (unpaired) electrons. The molecule has 0 aromatic carbocycles. The Morgan fingerprint density at radius 3 is 2.92 bits per heavy atom. The van der Waals surface area contributed by atoms with E-state index < -0.39 is 0 Å². The summed E-state index contributed by atoms with van der Waals surface area (Å²) in [6.07, 6.45) is 10.3. The van der Waals surface area contributed by atoms with Crippen molar-refractivity contribution in [2.45, 2.75) is 37.9 Å². The van der Waals surface area contributed by atoms with Crippen molar-refractivity contribution in [2.75, 3.05) is 0 Å². The number of thiol groups is 1. The molecule has 13 heavy (non-hydrogen) atoms. The highest BCUT2D eigenvalue weighted by Gasteiger charge is 2.26.